The highest BCUT2D eigenvalue weighted by Gasteiger charge is 2.44. The summed E-state index contributed by atoms with van der Waals surface area (Å²) in [6.07, 6.45) is 2.54. The molecule has 0 radical (unpaired) electrons. The van der Waals surface area contributed by atoms with Crippen molar-refractivity contribution in [1.29, 1.82) is 0 Å². The fourth-order valence-corrected chi connectivity index (χ4v) is 2.90. The van der Waals surface area contributed by atoms with E-state index in [0.717, 1.165) is 0 Å². The molecule has 2 rings (SSSR count). The fraction of sp³-hybridized carbons (Fsp3) is 0.538. The van der Waals surface area contributed by atoms with Crippen LogP contribution in [0.1, 0.15) is 23.4 Å². The van der Waals surface area contributed by atoms with Crippen molar-refractivity contribution < 1.29 is 23.8 Å². The van der Waals surface area contributed by atoms with E-state index in [4.69, 9.17) is 9.15 Å². The van der Waals surface area contributed by atoms with Gasteiger partial charge in [0.2, 0.25) is 5.76 Å². The largest absolute Gasteiger partial charge is 0.481 e. The average molecular weight is 346 g/mol. The first kappa shape index (κ1) is 15.1. The molecule has 1 aliphatic rings. The van der Waals surface area contributed by atoms with Crippen LogP contribution in [0, 0.1) is 5.41 Å². The minimum atomic E-state index is -1.04. The number of carbonyl (C=O) groups is 2. The fourth-order valence-electron chi connectivity index (χ4n) is 2.53. The van der Waals surface area contributed by atoms with Gasteiger partial charge in [-0.05, 0) is 34.8 Å². The molecular formula is C13H16BrNO5. The normalized spacial score (nSPS) is 22.8. The highest BCUT2D eigenvalue weighted by molar-refractivity contribution is 9.10. The van der Waals surface area contributed by atoms with Gasteiger partial charge in [-0.3, -0.25) is 9.59 Å². The highest BCUT2D eigenvalue weighted by Crippen LogP contribution is 2.32. The van der Waals surface area contributed by atoms with Crippen LogP contribution in [-0.2, 0) is 9.53 Å². The van der Waals surface area contributed by atoms with Crippen molar-refractivity contribution in [3.05, 3.63) is 22.6 Å². The third kappa shape index (κ3) is 2.73. The van der Waals surface area contributed by atoms with Crippen LogP contribution in [0.3, 0.4) is 0 Å². The summed E-state index contributed by atoms with van der Waals surface area (Å²) in [4.78, 5) is 25.4. The van der Waals surface area contributed by atoms with E-state index in [9.17, 15) is 14.7 Å². The van der Waals surface area contributed by atoms with Crippen LogP contribution in [0.25, 0.3) is 0 Å². The Balaban J connectivity index is 2.20. The maximum absolute atomic E-state index is 12.4. The summed E-state index contributed by atoms with van der Waals surface area (Å²) in [5, 5.41) is 9.45. The third-order valence-corrected chi connectivity index (χ3v) is 4.17. The van der Waals surface area contributed by atoms with Crippen molar-refractivity contribution in [3.8, 4) is 0 Å². The molecular weight excluding hydrogens is 330 g/mol. The van der Waals surface area contributed by atoms with Crippen molar-refractivity contribution in [2.24, 2.45) is 5.41 Å². The van der Waals surface area contributed by atoms with Gasteiger partial charge in [-0.15, -0.1) is 0 Å². The van der Waals surface area contributed by atoms with Crippen LogP contribution in [0.15, 0.2) is 21.2 Å². The lowest BCUT2D eigenvalue weighted by Crippen LogP contribution is -2.52. The molecule has 0 aliphatic carbocycles. The number of aliphatic carboxylic acids is 1. The number of ether oxygens (including phenoxy) is 1. The minimum absolute atomic E-state index is 0.0887. The van der Waals surface area contributed by atoms with E-state index in [1.165, 1.54) is 18.3 Å². The predicted molar refractivity (Wildman–Crippen MR) is 73.5 cm³/mol. The number of carbonyl (C=O) groups excluding carboxylic acids is 1. The molecule has 7 heteroatoms. The van der Waals surface area contributed by atoms with E-state index in [1.54, 1.807) is 6.07 Å². The number of hydrogen-bond acceptors (Lipinski definition) is 4. The van der Waals surface area contributed by atoms with E-state index in [2.05, 4.69) is 15.9 Å². The van der Waals surface area contributed by atoms with Gasteiger partial charge < -0.3 is 19.2 Å². The zero-order valence-electron chi connectivity index (χ0n) is 11.1. The van der Waals surface area contributed by atoms with Crippen LogP contribution in [-0.4, -0.2) is 48.7 Å². The van der Waals surface area contributed by atoms with Gasteiger partial charge in [0.1, 0.15) is 5.41 Å². The van der Waals surface area contributed by atoms with Crippen molar-refractivity contribution >= 4 is 27.8 Å². The van der Waals surface area contributed by atoms with E-state index in [1.807, 2.05) is 0 Å². The number of carboxylic acid groups (broad SMARTS) is 1. The van der Waals surface area contributed by atoms with Gasteiger partial charge in [-0.1, -0.05) is 0 Å². The quantitative estimate of drug-likeness (QED) is 0.902. The SMILES string of the molecule is COCC1(C(=O)O)CCCN(C(=O)c2occc2Br)C1. The van der Waals surface area contributed by atoms with Gasteiger partial charge in [0, 0.05) is 20.2 Å². The Bertz CT molecular complexity index is 511. The maximum atomic E-state index is 12.4. The van der Waals surface area contributed by atoms with Crippen LogP contribution in [0.4, 0.5) is 0 Å². The Kier molecular flexibility index (Phi) is 4.49. The number of nitrogens with zero attached hydrogens (tertiary/aromatic N) is 1. The van der Waals surface area contributed by atoms with Crippen LogP contribution in [0.2, 0.25) is 0 Å². The molecule has 110 valence electrons. The molecule has 0 bridgehead atoms. The van der Waals surface area contributed by atoms with Gasteiger partial charge in [-0.25, -0.2) is 0 Å². The highest BCUT2D eigenvalue weighted by atomic mass is 79.9. The summed E-state index contributed by atoms with van der Waals surface area (Å²) < 4.78 is 10.8. The molecule has 1 aromatic rings. The van der Waals surface area contributed by atoms with Crippen molar-refractivity contribution in [1.82, 2.24) is 4.90 Å². The number of furan rings is 1. The Morgan fingerprint density at radius 3 is 2.90 bits per heavy atom. The van der Waals surface area contributed by atoms with Crippen LogP contribution >= 0.6 is 15.9 Å². The van der Waals surface area contributed by atoms with Crippen molar-refractivity contribution in [2.75, 3.05) is 26.8 Å². The van der Waals surface area contributed by atoms with E-state index < -0.39 is 11.4 Å². The maximum Gasteiger partial charge on any atom is 0.313 e. The van der Waals surface area contributed by atoms with Gasteiger partial charge in [0.05, 0.1) is 17.3 Å². The summed E-state index contributed by atoms with van der Waals surface area (Å²) >= 11 is 3.24. The molecule has 2 heterocycles. The van der Waals surface area contributed by atoms with E-state index in [0.29, 0.717) is 23.9 Å². The Hall–Kier alpha value is -1.34. The molecule has 0 aromatic carbocycles. The first-order valence-electron chi connectivity index (χ1n) is 6.25. The Morgan fingerprint density at radius 1 is 1.60 bits per heavy atom. The number of methoxy groups -OCH3 is 1. The van der Waals surface area contributed by atoms with Gasteiger partial charge in [0.25, 0.3) is 5.91 Å². The summed E-state index contributed by atoms with van der Waals surface area (Å²) in [6, 6.07) is 1.64. The molecule has 1 unspecified atom stereocenters. The zero-order chi connectivity index (χ0) is 14.8. The van der Waals surface area contributed by atoms with E-state index >= 15 is 0 Å². The molecule has 0 spiro atoms. The summed E-state index contributed by atoms with van der Waals surface area (Å²) in [7, 11) is 1.47. The smallest absolute Gasteiger partial charge is 0.313 e. The standard InChI is InChI=1S/C13H16BrNO5/c1-19-8-13(12(17)18)4-2-5-15(7-13)11(16)10-9(14)3-6-20-10/h3,6H,2,4-5,7-8H2,1H3,(H,17,18). The number of amides is 1. The van der Waals surface area contributed by atoms with Gasteiger partial charge in [-0.2, -0.15) is 0 Å². The predicted octanol–water partition coefficient (Wildman–Crippen LogP) is 2.00. The first-order valence-corrected chi connectivity index (χ1v) is 7.04. The monoisotopic (exact) mass is 345 g/mol. The van der Waals surface area contributed by atoms with Crippen molar-refractivity contribution in [2.45, 2.75) is 12.8 Å². The van der Waals surface area contributed by atoms with E-state index in [-0.39, 0.29) is 24.8 Å². The number of rotatable bonds is 4. The topological polar surface area (TPSA) is 80.0 Å². The molecule has 1 aliphatic heterocycles. The molecule has 1 saturated heterocycles. The van der Waals surface area contributed by atoms with Gasteiger partial charge >= 0.3 is 5.97 Å². The number of likely N-dealkylation sites (tertiary alicyclic amines) is 1. The minimum Gasteiger partial charge on any atom is -0.481 e. The zero-order valence-corrected chi connectivity index (χ0v) is 12.7. The summed E-state index contributed by atoms with van der Waals surface area (Å²) in [5.74, 6) is -1.04. The Labute approximate surface area is 124 Å². The molecule has 20 heavy (non-hydrogen) atoms. The molecule has 1 N–H and O–H groups in total. The van der Waals surface area contributed by atoms with Crippen molar-refractivity contribution in [3.63, 3.8) is 0 Å². The summed E-state index contributed by atoms with van der Waals surface area (Å²) in [5.41, 5.74) is -1.04. The van der Waals surface area contributed by atoms with Crippen LogP contribution in [0.5, 0.6) is 0 Å². The molecule has 1 amide bonds. The lowest BCUT2D eigenvalue weighted by molar-refractivity contribution is -0.155. The molecule has 1 fully saturated rings. The Morgan fingerprint density at radius 2 is 2.35 bits per heavy atom. The lowest BCUT2D eigenvalue weighted by Gasteiger charge is -2.39. The van der Waals surface area contributed by atoms with Gasteiger partial charge in [0.15, 0.2) is 0 Å². The number of piperidine rings is 1. The number of hydrogen-bond donors (Lipinski definition) is 1. The third-order valence-electron chi connectivity index (χ3n) is 3.55. The lowest BCUT2D eigenvalue weighted by atomic mass is 9.80. The molecule has 1 atom stereocenters. The molecule has 0 saturated carbocycles. The average Bonchev–Trinajstić information content (AvgIpc) is 2.84. The van der Waals surface area contributed by atoms with Crippen LogP contribution < -0.4 is 0 Å². The second kappa shape index (κ2) is 5.97. The first-order chi connectivity index (χ1) is 9.50. The second-order valence-corrected chi connectivity index (χ2v) is 5.80. The molecule has 6 nitrogen and oxygen atoms in total. The second-order valence-electron chi connectivity index (χ2n) is 4.95. The number of carboxylic acids is 1. The summed E-state index contributed by atoms with van der Waals surface area (Å²) in [6.45, 7) is 0.734. The number of halogens is 1. The molecule has 1 aromatic heterocycles.